The molecule has 0 radical (unpaired) electrons. The van der Waals surface area contributed by atoms with E-state index in [0.29, 0.717) is 17.3 Å². The van der Waals surface area contributed by atoms with Gasteiger partial charge in [0.05, 0.1) is 16.6 Å². The zero-order chi connectivity index (χ0) is 22.8. The summed E-state index contributed by atoms with van der Waals surface area (Å²) in [5, 5.41) is 8.94. The lowest BCUT2D eigenvalue weighted by molar-refractivity contribution is -0.138. The summed E-state index contributed by atoms with van der Waals surface area (Å²) in [5.41, 5.74) is 3.60. The number of pyridine rings is 1. The van der Waals surface area contributed by atoms with E-state index in [1.165, 1.54) is 6.07 Å². The SMILES string of the molecule is O=C(O)CC1CCC(Oc2ccc(-c3ccc(-c4nc5ccccc5[nH]4)c(F)c3)cn2)CC1. The zero-order valence-corrected chi connectivity index (χ0v) is 18.0. The van der Waals surface area contributed by atoms with E-state index < -0.39 is 5.97 Å². The van der Waals surface area contributed by atoms with Crippen LogP contribution in [0.25, 0.3) is 33.5 Å². The molecule has 0 spiro atoms. The average molecular weight is 445 g/mol. The first-order valence-corrected chi connectivity index (χ1v) is 11.1. The number of carboxylic acid groups (broad SMARTS) is 1. The smallest absolute Gasteiger partial charge is 0.303 e. The summed E-state index contributed by atoms with van der Waals surface area (Å²) in [5.74, 6) is 0.166. The average Bonchev–Trinajstić information content (AvgIpc) is 3.24. The summed E-state index contributed by atoms with van der Waals surface area (Å²) in [4.78, 5) is 22.9. The Morgan fingerprint density at radius 1 is 1.06 bits per heavy atom. The Balaban J connectivity index is 1.25. The Bertz CT molecular complexity index is 1240. The fraction of sp³-hybridized carbons (Fsp3) is 0.269. The van der Waals surface area contributed by atoms with Crippen molar-refractivity contribution < 1.29 is 19.0 Å². The van der Waals surface area contributed by atoms with Crippen molar-refractivity contribution >= 4 is 17.0 Å². The molecular formula is C26H24FN3O3. The largest absolute Gasteiger partial charge is 0.481 e. The number of hydrogen-bond donors (Lipinski definition) is 2. The van der Waals surface area contributed by atoms with E-state index in [-0.39, 0.29) is 24.3 Å². The molecule has 0 aliphatic heterocycles. The van der Waals surface area contributed by atoms with Crippen molar-refractivity contribution in [3.05, 3.63) is 66.6 Å². The van der Waals surface area contributed by atoms with Crippen molar-refractivity contribution in [2.24, 2.45) is 5.92 Å². The Labute approximate surface area is 190 Å². The Kier molecular flexibility index (Phi) is 5.77. The van der Waals surface area contributed by atoms with Gasteiger partial charge in [-0.05, 0) is 67.5 Å². The second-order valence-corrected chi connectivity index (χ2v) is 8.54. The molecule has 0 bridgehead atoms. The zero-order valence-electron chi connectivity index (χ0n) is 18.0. The van der Waals surface area contributed by atoms with Crippen LogP contribution in [0.15, 0.2) is 60.8 Å². The molecule has 7 heteroatoms. The fourth-order valence-corrected chi connectivity index (χ4v) is 4.46. The van der Waals surface area contributed by atoms with Gasteiger partial charge in [0.25, 0.3) is 0 Å². The van der Waals surface area contributed by atoms with E-state index in [2.05, 4.69) is 15.0 Å². The maximum atomic E-state index is 14.9. The summed E-state index contributed by atoms with van der Waals surface area (Å²) < 4.78 is 20.9. The summed E-state index contributed by atoms with van der Waals surface area (Å²) in [6, 6.07) is 16.3. The number of carboxylic acids is 1. The van der Waals surface area contributed by atoms with Crippen molar-refractivity contribution in [2.45, 2.75) is 38.2 Å². The number of rotatable bonds is 6. The maximum Gasteiger partial charge on any atom is 0.303 e. The van der Waals surface area contributed by atoms with Crippen LogP contribution >= 0.6 is 0 Å². The van der Waals surface area contributed by atoms with Crippen LogP contribution in [0.3, 0.4) is 0 Å². The minimum atomic E-state index is -0.737. The van der Waals surface area contributed by atoms with E-state index in [9.17, 15) is 9.18 Å². The van der Waals surface area contributed by atoms with Crippen LogP contribution in [0.2, 0.25) is 0 Å². The van der Waals surface area contributed by atoms with Crippen molar-refractivity contribution in [1.29, 1.82) is 0 Å². The number of imidazole rings is 1. The molecule has 2 aromatic heterocycles. The van der Waals surface area contributed by atoms with Crippen molar-refractivity contribution in [1.82, 2.24) is 15.0 Å². The third-order valence-electron chi connectivity index (χ3n) is 6.23. The first-order chi connectivity index (χ1) is 16.0. The van der Waals surface area contributed by atoms with Gasteiger partial charge in [-0.25, -0.2) is 14.4 Å². The van der Waals surface area contributed by atoms with Crippen LogP contribution in [0.4, 0.5) is 4.39 Å². The predicted molar refractivity (Wildman–Crippen MR) is 123 cm³/mol. The van der Waals surface area contributed by atoms with Crippen LogP contribution < -0.4 is 4.74 Å². The molecule has 0 saturated heterocycles. The number of halogens is 1. The van der Waals surface area contributed by atoms with E-state index in [0.717, 1.165) is 47.8 Å². The highest BCUT2D eigenvalue weighted by Gasteiger charge is 2.24. The van der Waals surface area contributed by atoms with Crippen molar-refractivity contribution in [3.8, 4) is 28.4 Å². The highest BCUT2D eigenvalue weighted by molar-refractivity contribution is 5.80. The Hall–Kier alpha value is -3.74. The number of nitrogens with one attached hydrogen (secondary N) is 1. The molecule has 0 atom stereocenters. The highest BCUT2D eigenvalue weighted by atomic mass is 19.1. The lowest BCUT2D eigenvalue weighted by Gasteiger charge is -2.27. The molecule has 2 heterocycles. The van der Waals surface area contributed by atoms with Crippen molar-refractivity contribution in [3.63, 3.8) is 0 Å². The van der Waals surface area contributed by atoms with Gasteiger partial charge < -0.3 is 14.8 Å². The van der Waals surface area contributed by atoms with E-state index in [4.69, 9.17) is 9.84 Å². The van der Waals surface area contributed by atoms with Crippen LogP contribution in [0.5, 0.6) is 5.88 Å². The number of aliphatic carboxylic acids is 1. The molecule has 2 N–H and O–H groups in total. The Morgan fingerprint density at radius 3 is 2.55 bits per heavy atom. The second kappa shape index (κ2) is 9.02. The minimum Gasteiger partial charge on any atom is -0.481 e. The van der Waals surface area contributed by atoms with E-state index in [1.807, 2.05) is 36.4 Å². The first kappa shape index (κ1) is 21.1. The monoisotopic (exact) mass is 445 g/mol. The van der Waals surface area contributed by atoms with Gasteiger partial charge in [0, 0.05) is 24.2 Å². The van der Waals surface area contributed by atoms with Gasteiger partial charge >= 0.3 is 5.97 Å². The highest BCUT2D eigenvalue weighted by Crippen LogP contribution is 2.31. The van der Waals surface area contributed by atoms with Crippen molar-refractivity contribution in [2.75, 3.05) is 0 Å². The van der Waals surface area contributed by atoms with Gasteiger partial charge in [0.1, 0.15) is 17.7 Å². The summed E-state index contributed by atoms with van der Waals surface area (Å²) in [6.07, 6.45) is 5.32. The van der Waals surface area contributed by atoms with Crippen LogP contribution in [0.1, 0.15) is 32.1 Å². The van der Waals surface area contributed by atoms with Gasteiger partial charge in [0.2, 0.25) is 5.88 Å². The number of aromatic amines is 1. The minimum absolute atomic E-state index is 0.0499. The molecule has 1 aliphatic carbocycles. The second-order valence-electron chi connectivity index (χ2n) is 8.54. The number of para-hydroxylation sites is 2. The lowest BCUT2D eigenvalue weighted by Crippen LogP contribution is -2.25. The third-order valence-corrected chi connectivity index (χ3v) is 6.23. The summed E-state index contributed by atoms with van der Waals surface area (Å²) in [6.45, 7) is 0. The Morgan fingerprint density at radius 2 is 1.85 bits per heavy atom. The molecule has 0 amide bonds. The van der Waals surface area contributed by atoms with E-state index in [1.54, 1.807) is 18.3 Å². The molecule has 1 aliphatic rings. The quantitative estimate of drug-likeness (QED) is 0.389. The predicted octanol–water partition coefficient (Wildman–Crippen LogP) is 5.84. The summed E-state index contributed by atoms with van der Waals surface area (Å²) in [7, 11) is 0. The van der Waals surface area contributed by atoms with Gasteiger partial charge in [0.15, 0.2) is 0 Å². The number of H-pyrrole nitrogens is 1. The number of fused-ring (bicyclic) bond motifs is 1. The van der Waals surface area contributed by atoms with E-state index >= 15 is 0 Å². The molecule has 33 heavy (non-hydrogen) atoms. The molecule has 5 rings (SSSR count). The van der Waals surface area contributed by atoms with Crippen LogP contribution in [-0.2, 0) is 4.79 Å². The molecule has 6 nitrogen and oxygen atoms in total. The molecule has 4 aromatic rings. The molecule has 1 fully saturated rings. The summed E-state index contributed by atoms with van der Waals surface area (Å²) >= 11 is 0. The standard InChI is InChI=1S/C26H24FN3O3/c27-21-14-17(7-11-20(21)26-29-22-3-1-2-4-23(22)30-26)18-8-12-24(28-15-18)33-19-9-5-16(6-10-19)13-25(31)32/h1-4,7-8,11-12,14-16,19H,5-6,9-10,13H2,(H,29,30)(H,31,32). The maximum absolute atomic E-state index is 14.9. The molecular weight excluding hydrogens is 421 g/mol. The number of nitrogens with zero attached hydrogens (tertiary/aromatic N) is 2. The van der Waals surface area contributed by atoms with Gasteiger partial charge in [-0.15, -0.1) is 0 Å². The number of hydrogen-bond acceptors (Lipinski definition) is 4. The number of ether oxygens (including phenoxy) is 1. The third kappa shape index (κ3) is 4.72. The first-order valence-electron chi connectivity index (χ1n) is 11.1. The van der Waals surface area contributed by atoms with Gasteiger partial charge in [-0.1, -0.05) is 18.2 Å². The molecule has 168 valence electrons. The van der Waals surface area contributed by atoms with Gasteiger partial charge in [-0.3, -0.25) is 4.79 Å². The van der Waals surface area contributed by atoms with Crippen LogP contribution in [-0.4, -0.2) is 32.1 Å². The molecule has 2 aromatic carbocycles. The lowest BCUT2D eigenvalue weighted by atomic mass is 9.85. The molecule has 0 unspecified atom stereocenters. The molecule has 1 saturated carbocycles. The number of carbonyl (C=O) groups is 1. The van der Waals surface area contributed by atoms with Gasteiger partial charge in [-0.2, -0.15) is 0 Å². The number of benzene rings is 2. The fourth-order valence-electron chi connectivity index (χ4n) is 4.46. The normalized spacial score (nSPS) is 18.3. The topological polar surface area (TPSA) is 88.1 Å². The number of aromatic nitrogens is 3. The van der Waals surface area contributed by atoms with Crippen LogP contribution in [0, 0.1) is 11.7 Å².